The Morgan fingerprint density at radius 3 is 1.47 bits per heavy atom. The Hall–Kier alpha value is -1.50. The molecular formula is C6H8BLiO9. The van der Waals surface area contributed by atoms with Crippen molar-refractivity contribution in [1.29, 1.82) is 0 Å². The molecule has 3 N–H and O–H groups in total. The minimum absolute atomic E-state index is 0. The van der Waals surface area contributed by atoms with Crippen molar-refractivity contribution in [3.63, 3.8) is 0 Å². The van der Waals surface area contributed by atoms with Crippen LogP contribution in [-0.4, -0.2) is 46.4 Å². The van der Waals surface area contributed by atoms with Crippen LogP contribution >= 0.6 is 0 Å². The summed E-state index contributed by atoms with van der Waals surface area (Å²) in [6.45, 7) is 0. The number of carboxylic acids is 2. The average Bonchev–Trinajstić information content (AvgIpc) is 1.97. The number of hydrogen-bond donors (Lipinski definition) is 3. The molecule has 0 spiro atoms. The second kappa shape index (κ2) is 8.63. The van der Waals surface area contributed by atoms with Gasteiger partial charge in [0.25, 0.3) is 0 Å². The Bertz CT molecular complexity index is 292. The molecule has 0 amide bonds. The molecule has 0 aromatic heterocycles. The zero-order chi connectivity index (χ0) is 12.7. The minimum Gasteiger partial charge on any atom is -1.00 e. The number of carbonyl (C=O) groups excluding carboxylic acids is 2. The van der Waals surface area contributed by atoms with Gasteiger partial charge in [0.05, 0.1) is 0 Å². The molecule has 0 rings (SSSR count). The van der Waals surface area contributed by atoms with Crippen molar-refractivity contribution < 1.29 is 64.0 Å². The number of hydrogen-bond acceptors (Lipinski definition) is 7. The maximum atomic E-state index is 10.6. The van der Waals surface area contributed by atoms with Crippen LogP contribution in [0.1, 0.15) is 14.3 Å². The molecule has 17 heavy (non-hydrogen) atoms. The summed E-state index contributed by atoms with van der Waals surface area (Å²) in [5.41, 5.74) is 0. The van der Waals surface area contributed by atoms with Gasteiger partial charge in [-0.1, -0.05) is 0 Å². The molecule has 11 heteroatoms. The Kier molecular flexibility index (Phi) is 9.08. The van der Waals surface area contributed by atoms with Crippen LogP contribution in [0.15, 0.2) is 0 Å². The molecule has 0 aliphatic heterocycles. The number of rotatable bonds is 6. The molecule has 0 aliphatic carbocycles. The fourth-order valence-corrected chi connectivity index (χ4v) is 0.579. The van der Waals surface area contributed by atoms with E-state index >= 15 is 0 Å². The largest absolute Gasteiger partial charge is 1.00 e. The Morgan fingerprint density at radius 1 is 0.941 bits per heavy atom. The van der Waals surface area contributed by atoms with Gasteiger partial charge >= 0.3 is 50.1 Å². The van der Waals surface area contributed by atoms with Gasteiger partial charge in [0.15, 0.2) is 0 Å². The van der Waals surface area contributed by atoms with Crippen LogP contribution in [0, 0.1) is 0 Å². The van der Waals surface area contributed by atoms with Crippen LogP contribution in [0.5, 0.6) is 0 Å². The van der Waals surface area contributed by atoms with Gasteiger partial charge in [-0.15, -0.1) is 0 Å². The van der Waals surface area contributed by atoms with Crippen LogP contribution in [0.3, 0.4) is 0 Å². The third-order valence-corrected chi connectivity index (χ3v) is 1.06. The molecule has 0 aliphatic rings. The Labute approximate surface area is 109 Å². The number of carbonyl (C=O) groups is 4. The maximum absolute atomic E-state index is 10.6. The molecule has 0 saturated carbocycles. The molecule has 9 nitrogen and oxygen atoms in total. The summed E-state index contributed by atoms with van der Waals surface area (Å²) in [6, 6.07) is 0. The first kappa shape index (κ1) is 17.9. The van der Waals surface area contributed by atoms with Gasteiger partial charge in [0.2, 0.25) is 0 Å². The second-order valence-electron chi connectivity index (χ2n) is 2.43. The van der Waals surface area contributed by atoms with Crippen molar-refractivity contribution in [2.75, 3.05) is 0 Å². The third kappa shape index (κ3) is 10.8. The van der Waals surface area contributed by atoms with Crippen molar-refractivity contribution >= 4 is 31.2 Å². The first-order valence-corrected chi connectivity index (χ1v) is 3.82. The molecule has 0 radical (unpaired) electrons. The van der Waals surface area contributed by atoms with Crippen LogP contribution in [-0.2, 0) is 28.5 Å². The summed E-state index contributed by atoms with van der Waals surface area (Å²) in [7, 11) is -2.32. The van der Waals surface area contributed by atoms with E-state index in [4.69, 9.17) is 15.2 Å². The molecule has 90 valence electrons. The Morgan fingerprint density at radius 2 is 1.24 bits per heavy atom. The molecule has 0 unspecified atom stereocenters. The summed E-state index contributed by atoms with van der Waals surface area (Å²) in [6.07, 6.45) is -2.04. The fraction of sp³-hybridized carbons (Fsp3) is 0.333. The van der Waals surface area contributed by atoms with Crippen LogP contribution in [0.4, 0.5) is 0 Å². The molecule has 0 saturated heterocycles. The molecule has 0 heterocycles. The smallest absolute Gasteiger partial charge is 1.00 e. The average molecular weight is 242 g/mol. The van der Waals surface area contributed by atoms with Crippen LogP contribution in [0.25, 0.3) is 0 Å². The molecule has 0 aromatic carbocycles. The SMILES string of the molecule is O=C(O)CC(=O)OB(O)OC(=O)CC(=O)O.[H-].[Li+]. The summed E-state index contributed by atoms with van der Waals surface area (Å²) in [5, 5.41) is 25.0. The number of aliphatic carboxylic acids is 2. The van der Waals surface area contributed by atoms with Gasteiger partial charge in [0.1, 0.15) is 12.8 Å². The van der Waals surface area contributed by atoms with Gasteiger partial charge in [-0.05, 0) is 0 Å². The van der Waals surface area contributed by atoms with Gasteiger partial charge in [-0.25, -0.2) is 0 Å². The first-order valence-electron chi connectivity index (χ1n) is 3.82. The predicted molar refractivity (Wildman–Crippen MR) is 45.8 cm³/mol. The van der Waals surface area contributed by atoms with Crippen molar-refractivity contribution in [3.8, 4) is 0 Å². The molecule has 0 aromatic rings. The summed E-state index contributed by atoms with van der Waals surface area (Å²) in [5.74, 6) is -5.64. The standard InChI is InChI=1S/C6H7BO9.Li.H/c8-3(9)1-5(12)15-7(14)16-6(13)2-4(10)11;;/h14H,1-2H2,(H,8,9)(H,10,11);;/q;+1;-1. The third-order valence-electron chi connectivity index (χ3n) is 1.06. The van der Waals surface area contributed by atoms with Crippen LogP contribution < -0.4 is 18.9 Å². The van der Waals surface area contributed by atoms with Gasteiger partial charge in [-0.2, -0.15) is 0 Å². The zero-order valence-electron chi connectivity index (χ0n) is 9.78. The van der Waals surface area contributed by atoms with Gasteiger partial charge in [-0.3, -0.25) is 19.2 Å². The fourth-order valence-electron chi connectivity index (χ4n) is 0.579. The van der Waals surface area contributed by atoms with E-state index in [9.17, 15) is 19.2 Å². The molecular weight excluding hydrogens is 234 g/mol. The summed E-state index contributed by atoms with van der Waals surface area (Å²) < 4.78 is 7.83. The van der Waals surface area contributed by atoms with Crippen molar-refractivity contribution in [2.24, 2.45) is 0 Å². The van der Waals surface area contributed by atoms with Crippen molar-refractivity contribution in [3.05, 3.63) is 0 Å². The summed E-state index contributed by atoms with van der Waals surface area (Å²) >= 11 is 0. The van der Waals surface area contributed by atoms with Crippen molar-refractivity contribution in [1.82, 2.24) is 0 Å². The van der Waals surface area contributed by atoms with E-state index in [1.807, 2.05) is 0 Å². The van der Waals surface area contributed by atoms with Gasteiger partial charge in [0, 0.05) is 0 Å². The van der Waals surface area contributed by atoms with E-state index in [0.717, 1.165) is 0 Å². The first-order chi connectivity index (χ1) is 7.31. The van der Waals surface area contributed by atoms with Crippen LogP contribution in [0.2, 0.25) is 0 Å². The van der Waals surface area contributed by atoms with E-state index in [1.165, 1.54) is 0 Å². The monoisotopic (exact) mass is 242 g/mol. The quantitative estimate of drug-likeness (QED) is 0.307. The molecule has 0 bridgehead atoms. The predicted octanol–water partition coefficient (Wildman–Crippen LogP) is -4.88. The zero-order valence-corrected chi connectivity index (χ0v) is 8.78. The van der Waals surface area contributed by atoms with Gasteiger partial charge < -0.3 is 26.0 Å². The minimum atomic E-state index is -2.32. The summed E-state index contributed by atoms with van der Waals surface area (Å²) in [4.78, 5) is 41.2. The molecule has 0 fully saturated rings. The normalized spacial score (nSPS) is 8.53. The van der Waals surface area contributed by atoms with E-state index < -0.39 is 44.0 Å². The second-order valence-corrected chi connectivity index (χ2v) is 2.43. The van der Waals surface area contributed by atoms with E-state index in [2.05, 4.69) is 9.31 Å². The maximum Gasteiger partial charge on any atom is 1.00 e. The number of carboxylic acid groups (broad SMARTS) is 2. The van der Waals surface area contributed by atoms with E-state index in [0.29, 0.717) is 0 Å². The van der Waals surface area contributed by atoms with Crippen molar-refractivity contribution in [2.45, 2.75) is 12.8 Å². The van der Waals surface area contributed by atoms with E-state index in [1.54, 1.807) is 0 Å². The Balaban J connectivity index is -0.00000112. The van der Waals surface area contributed by atoms with E-state index in [-0.39, 0.29) is 20.3 Å². The topological polar surface area (TPSA) is 147 Å². The molecule has 0 atom stereocenters.